The van der Waals surface area contributed by atoms with Crippen LogP contribution >= 0.6 is 15.9 Å². The zero-order valence-corrected chi connectivity index (χ0v) is 12.3. The van der Waals surface area contributed by atoms with Crippen molar-refractivity contribution >= 4 is 27.5 Å². The third kappa shape index (κ3) is 4.30. The molecule has 4 nitrogen and oxygen atoms in total. The van der Waals surface area contributed by atoms with Crippen molar-refractivity contribution in [2.75, 3.05) is 18.4 Å². The van der Waals surface area contributed by atoms with Crippen LogP contribution in [0, 0.1) is 5.92 Å². The molecule has 1 fully saturated rings. The van der Waals surface area contributed by atoms with Crippen molar-refractivity contribution in [3.05, 3.63) is 28.7 Å². The Hall–Kier alpha value is -0.910. The molecule has 0 bridgehead atoms. The van der Waals surface area contributed by atoms with Crippen molar-refractivity contribution < 1.29 is 9.90 Å². The lowest BCUT2D eigenvalue weighted by Gasteiger charge is -2.15. The van der Waals surface area contributed by atoms with E-state index in [0.29, 0.717) is 6.54 Å². The third-order valence-corrected chi connectivity index (χ3v) is 4.15. The first-order chi connectivity index (χ1) is 9.16. The number of aliphatic hydroxyl groups is 1. The molecule has 2 atom stereocenters. The van der Waals surface area contributed by atoms with Crippen LogP contribution in [0.3, 0.4) is 0 Å². The van der Waals surface area contributed by atoms with E-state index in [2.05, 4.69) is 26.6 Å². The average molecular weight is 327 g/mol. The second kappa shape index (κ2) is 7.03. The molecule has 1 aliphatic carbocycles. The third-order valence-electron chi connectivity index (χ3n) is 3.46. The zero-order chi connectivity index (χ0) is 13.7. The normalized spacial score (nSPS) is 22.4. The number of halogens is 1. The highest BCUT2D eigenvalue weighted by Crippen LogP contribution is 2.24. The molecule has 19 heavy (non-hydrogen) atoms. The van der Waals surface area contributed by atoms with Crippen molar-refractivity contribution in [3.63, 3.8) is 0 Å². The van der Waals surface area contributed by atoms with Gasteiger partial charge in [0, 0.05) is 11.0 Å². The standard InChI is InChI=1S/C14H19BrN2O2/c15-11-5-1-2-6-12(11)17-14(19)9-16-8-10-4-3-7-13(10)18/h1-2,5-6,10,13,16,18H,3-4,7-9H2,(H,17,19). The van der Waals surface area contributed by atoms with Crippen LogP contribution in [0.2, 0.25) is 0 Å². The lowest BCUT2D eigenvalue weighted by atomic mass is 10.1. The first-order valence-corrected chi connectivity index (χ1v) is 7.39. The van der Waals surface area contributed by atoms with Crippen LogP contribution in [-0.2, 0) is 4.79 Å². The van der Waals surface area contributed by atoms with Gasteiger partial charge < -0.3 is 15.7 Å². The molecule has 2 rings (SSSR count). The number of para-hydroxylation sites is 1. The Morgan fingerprint density at radius 2 is 2.16 bits per heavy atom. The molecule has 104 valence electrons. The van der Waals surface area contributed by atoms with E-state index >= 15 is 0 Å². The number of hydrogen-bond donors (Lipinski definition) is 3. The van der Waals surface area contributed by atoms with E-state index in [1.54, 1.807) is 0 Å². The Kier molecular flexibility index (Phi) is 5.36. The lowest BCUT2D eigenvalue weighted by molar-refractivity contribution is -0.115. The molecule has 1 saturated carbocycles. The molecular weight excluding hydrogens is 308 g/mol. The fraction of sp³-hybridized carbons (Fsp3) is 0.500. The predicted molar refractivity (Wildman–Crippen MR) is 79.0 cm³/mol. The highest BCUT2D eigenvalue weighted by atomic mass is 79.9. The van der Waals surface area contributed by atoms with Crippen LogP contribution in [0.1, 0.15) is 19.3 Å². The van der Waals surface area contributed by atoms with Crippen molar-refractivity contribution in [3.8, 4) is 0 Å². The molecule has 0 spiro atoms. The van der Waals surface area contributed by atoms with E-state index in [-0.39, 0.29) is 24.5 Å². The molecular formula is C14H19BrN2O2. The summed E-state index contributed by atoms with van der Waals surface area (Å²) in [6.45, 7) is 0.967. The summed E-state index contributed by atoms with van der Waals surface area (Å²) >= 11 is 3.39. The molecule has 1 aliphatic rings. The van der Waals surface area contributed by atoms with E-state index in [0.717, 1.165) is 29.4 Å². The van der Waals surface area contributed by atoms with E-state index in [1.807, 2.05) is 24.3 Å². The molecule has 1 amide bonds. The average Bonchev–Trinajstić information content (AvgIpc) is 2.78. The van der Waals surface area contributed by atoms with Crippen LogP contribution < -0.4 is 10.6 Å². The van der Waals surface area contributed by atoms with Crippen LogP contribution in [0.4, 0.5) is 5.69 Å². The minimum absolute atomic E-state index is 0.0700. The summed E-state index contributed by atoms with van der Waals surface area (Å²) in [4.78, 5) is 11.8. The van der Waals surface area contributed by atoms with Gasteiger partial charge in [-0.2, -0.15) is 0 Å². The van der Waals surface area contributed by atoms with Crippen LogP contribution in [-0.4, -0.2) is 30.2 Å². The van der Waals surface area contributed by atoms with Gasteiger partial charge in [0.15, 0.2) is 0 Å². The van der Waals surface area contributed by atoms with E-state index in [1.165, 1.54) is 0 Å². The van der Waals surface area contributed by atoms with Gasteiger partial charge in [0.05, 0.1) is 18.3 Å². The smallest absolute Gasteiger partial charge is 0.238 e. The quantitative estimate of drug-likeness (QED) is 0.776. The molecule has 1 aromatic rings. The Balaban J connectivity index is 1.72. The first-order valence-electron chi connectivity index (χ1n) is 6.60. The highest BCUT2D eigenvalue weighted by Gasteiger charge is 2.24. The Labute approximate surface area is 121 Å². The monoisotopic (exact) mass is 326 g/mol. The summed E-state index contributed by atoms with van der Waals surface area (Å²) < 4.78 is 0.870. The van der Waals surface area contributed by atoms with Crippen LogP contribution in [0.15, 0.2) is 28.7 Å². The van der Waals surface area contributed by atoms with Crippen LogP contribution in [0.25, 0.3) is 0 Å². The maximum atomic E-state index is 11.8. The summed E-state index contributed by atoms with van der Waals surface area (Å²) in [6.07, 6.45) is 2.80. The summed E-state index contributed by atoms with van der Waals surface area (Å²) in [5.74, 6) is 0.218. The fourth-order valence-electron chi connectivity index (χ4n) is 2.38. The number of rotatable bonds is 5. The second-order valence-corrected chi connectivity index (χ2v) is 5.77. The number of benzene rings is 1. The number of amides is 1. The van der Waals surface area contributed by atoms with Crippen molar-refractivity contribution in [1.29, 1.82) is 0 Å². The summed E-state index contributed by atoms with van der Waals surface area (Å²) in [6, 6.07) is 7.52. The molecule has 0 aliphatic heterocycles. The Bertz CT molecular complexity index is 439. The van der Waals surface area contributed by atoms with Gasteiger partial charge in [0.1, 0.15) is 0 Å². The maximum Gasteiger partial charge on any atom is 0.238 e. The van der Waals surface area contributed by atoms with E-state index in [9.17, 15) is 9.90 Å². The largest absolute Gasteiger partial charge is 0.393 e. The summed E-state index contributed by atoms with van der Waals surface area (Å²) in [7, 11) is 0. The van der Waals surface area contributed by atoms with Crippen molar-refractivity contribution in [2.45, 2.75) is 25.4 Å². The van der Waals surface area contributed by atoms with Gasteiger partial charge in [0.2, 0.25) is 5.91 Å². The molecule has 0 heterocycles. The first kappa shape index (κ1) is 14.5. The number of aliphatic hydroxyl groups excluding tert-OH is 1. The number of anilines is 1. The van der Waals surface area contributed by atoms with E-state index in [4.69, 9.17) is 0 Å². The van der Waals surface area contributed by atoms with Gasteiger partial charge in [-0.25, -0.2) is 0 Å². The zero-order valence-electron chi connectivity index (χ0n) is 10.7. The molecule has 3 N–H and O–H groups in total. The van der Waals surface area contributed by atoms with Gasteiger partial charge >= 0.3 is 0 Å². The second-order valence-electron chi connectivity index (χ2n) is 4.92. The SMILES string of the molecule is O=C(CNCC1CCCC1O)Nc1ccccc1Br. The number of carbonyl (C=O) groups excluding carboxylic acids is 1. The molecule has 2 unspecified atom stereocenters. The van der Waals surface area contributed by atoms with Gasteiger partial charge in [-0.1, -0.05) is 18.6 Å². The Morgan fingerprint density at radius 1 is 1.37 bits per heavy atom. The van der Waals surface area contributed by atoms with Gasteiger partial charge in [-0.15, -0.1) is 0 Å². The number of hydrogen-bond acceptors (Lipinski definition) is 3. The molecule has 0 saturated heterocycles. The minimum atomic E-state index is -0.209. The molecule has 1 aromatic carbocycles. The van der Waals surface area contributed by atoms with Gasteiger partial charge in [0.25, 0.3) is 0 Å². The Morgan fingerprint density at radius 3 is 2.84 bits per heavy atom. The summed E-state index contributed by atoms with van der Waals surface area (Å²) in [5.41, 5.74) is 0.773. The number of nitrogens with one attached hydrogen (secondary N) is 2. The van der Waals surface area contributed by atoms with Gasteiger partial charge in [-0.3, -0.25) is 4.79 Å². The topological polar surface area (TPSA) is 61.4 Å². The number of carbonyl (C=O) groups is 1. The molecule has 0 radical (unpaired) electrons. The highest BCUT2D eigenvalue weighted by molar-refractivity contribution is 9.10. The minimum Gasteiger partial charge on any atom is -0.393 e. The van der Waals surface area contributed by atoms with E-state index < -0.39 is 0 Å². The van der Waals surface area contributed by atoms with Crippen molar-refractivity contribution in [2.24, 2.45) is 5.92 Å². The maximum absolute atomic E-state index is 11.8. The predicted octanol–water partition coefficient (Wildman–Crippen LogP) is 2.14. The van der Waals surface area contributed by atoms with Gasteiger partial charge in [-0.05, 0) is 46.8 Å². The lowest BCUT2D eigenvalue weighted by Crippen LogP contribution is -2.34. The molecule has 0 aromatic heterocycles. The van der Waals surface area contributed by atoms with Crippen molar-refractivity contribution in [1.82, 2.24) is 5.32 Å². The van der Waals surface area contributed by atoms with Crippen LogP contribution in [0.5, 0.6) is 0 Å². The molecule has 5 heteroatoms. The summed E-state index contributed by atoms with van der Waals surface area (Å²) in [5, 5.41) is 15.6. The fourth-order valence-corrected chi connectivity index (χ4v) is 2.77.